The monoisotopic (exact) mass is 322 g/mol. The Bertz CT molecular complexity index is 770. The van der Waals surface area contributed by atoms with Gasteiger partial charge in [0.2, 0.25) is 5.91 Å². The Hall–Kier alpha value is -3.21. The maximum absolute atomic E-state index is 11.9. The third-order valence-corrected chi connectivity index (χ3v) is 3.34. The first-order chi connectivity index (χ1) is 11.8. The van der Waals surface area contributed by atoms with Gasteiger partial charge in [-0.15, -0.1) is 0 Å². The van der Waals surface area contributed by atoms with Gasteiger partial charge in [0.15, 0.2) is 5.75 Å². The predicted molar refractivity (Wildman–Crippen MR) is 92.0 cm³/mol. The molecule has 2 N–H and O–H groups in total. The fraction of sp³-hybridized carbons (Fsp3) is 0.105. The van der Waals surface area contributed by atoms with Gasteiger partial charge in [0.1, 0.15) is 11.5 Å². The van der Waals surface area contributed by atoms with E-state index in [0.717, 1.165) is 17.2 Å². The summed E-state index contributed by atoms with van der Waals surface area (Å²) in [6.07, 6.45) is 1.58. The summed E-state index contributed by atoms with van der Waals surface area (Å²) in [5, 5.41) is 5.88. The summed E-state index contributed by atoms with van der Waals surface area (Å²) < 4.78 is 11.0. The van der Waals surface area contributed by atoms with Crippen LogP contribution in [0.5, 0.6) is 11.5 Å². The molecule has 1 amide bonds. The smallest absolute Gasteiger partial charge is 0.239 e. The van der Waals surface area contributed by atoms with E-state index in [9.17, 15) is 4.79 Å². The summed E-state index contributed by atoms with van der Waals surface area (Å²) in [4.78, 5) is 11.9. The highest BCUT2D eigenvalue weighted by molar-refractivity contribution is 5.81. The number of para-hydroxylation sites is 3. The molecular formula is C19H18N2O3. The number of amides is 1. The first-order valence-corrected chi connectivity index (χ1v) is 7.66. The molecule has 122 valence electrons. The minimum atomic E-state index is -0.124. The second-order valence-electron chi connectivity index (χ2n) is 5.12. The van der Waals surface area contributed by atoms with Gasteiger partial charge in [-0.2, -0.15) is 0 Å². The quantitative estimate of drug-likeness (QED) is 0.694. The first-order valence-electron chi connectivity index (χ1n) is 7.66. The molecule has 24 heavy (non-hydrogen) atoms. The Kier molecular flexibility index (Phi) is 5.14. The van der Waals surface area contributed by atoms with E-state index in [1.165, 1.54) is 0 Å². The number of carbonyl (C=O) groups excluding carboxylic acids is 1. The minimum Gasteiger partial charge on any atom is -0.467 e. The molecule has 0 radical (unpaired) electrons. The zero-order valence-corrected chi connectivity index (χ0v) is 13.1. The standard InChI is InChI=1S/C19H18N2O3/c22-19(21-13-16-9-6-12-23-16)14-20-17-10-4-5-11-18(17)24-15-7-2-1-3-8-15/h1-12,20H,13-14H2,(H,21,22). The van der Waals surface area contributed by atoms with E-state index in [0.29, 0.717) is 12.3 Å². The zero-order chi connectivity index (χ0) is 16.6. The highest BCUT2D eigenvalue weighted by Crippen LogP contribution is 2.28. The van der Waals surface area contributed by atoms with Gasteiger partial charge in [-0.05, 0) is 36.4 Å². The molecule has 5 heteroatoms. The van der Waals surface area contributed by atoms with Crippen LogP contribution in [-0.2, 0) is 11.3 Å². The molecule has 2 aromatic carbocycles. The number of ether oxygens (including phenoxy) is 1. The Morgan fingerprint density at radius 1 is 0.958 bits per heavy atom. The molecule has 3 aromatic rings. The average Bonchev–Trinajstić information content (AvgIpc) is 3.14. The van der Waals surface area contributed by atoms with Crippen LogP contribution in [0.25, 0.3) is 0 Å². The molecule has 0 spiro atoms. The molecule has 0 unspecified atom stereocenters. The lowest BCUT2D eigenvalue weighted by molar-refractivity contribution is -0.119. The average molecular weight is 322 g/mol. The molecular weight excluding hydrogens is 304 g/mol. The van der Waals surface area contributed by atoms with Gasteiger partial charge in [-0.3, -0.25) is 4.79 Å². The number of nitrogens with one attached hydrogen (secondary N) is 2. The van der Waals surface area contributed by atoms with Crippen molar-refractivity contribution >= 4 is 11.6 Å². The number of hydrogen-bond donors (Lipinski definition) is 2. The van der Waals surface area contributed by atoms with Crippen molar-refractivity contribution in [3.8, 4) is 11.5 Å². The largest absolute Gasteiger partial charge is 0.467 e. The number of rotatable bonds is 7. The molecule has 5 nitrogen and oxygen atoms in total. The molecule has 3 rings (SSSR count). The van der Waals surface area contributed by atoms with Gasteiger partial charge in [-0.25, -0.2) is 0 Å². The van der Waals surface area contributed by atoms with Crippen molar-refractivity contribution in [3.05, 3.63) is 78.8 Å². The van der Waals surface area contributed by atoms with E-state index in [4.69, 9.17) is 9.15 Å². The van der Waals surface area contributed by atoms with Crippen LogP contribution in [0.3, 0.4) is 0 Å². The summed E-state index contributed by atoms with van der Waals surface area (Å²) in [6.45, 7) is 0.519. The Morgan fingerprint density at radius 3 is 2.54 bits per heavy atom. The molecule has 1 heterocycles. The highest BCUT2D eigenvalue weighted by atomic mass is 16.5. The van der Waals surface area contributed by atoms with Crippen LogP contribution in [-0.4, -0.2) is 12.5 Å². The van der Waals surface area contributed by atoms with Crippen LogP contribution in [0.4, 0.5) is 5.69 Å². The van der Waals surface area contributed by atoms with Crippen LogP contribution in [0.1, 0.15) is 5.76 Å². The number of hydrogen-bond acceptors (Lipinski definition) is 4. The zero-order valence-electron chi connectivity index (χ0n) is 13.1. The number of carbonyl (C=O) groups is 1. The molecule has 0 aliphatic heterocycles. The lowest BCUT2D eigenvalue weighted by atomic mass is 10.3. The maximum atomic E-state index is 11.9. The van der Waals surface area contributed by atoms with Crippen molar-refractivity contribution in [2.45, 2.75) is 6.54 Å². The van der Waals surface area contributed by atoms with Gasteiger partial charge in [0.25, 0.3) is 0 Å². The second-order valence-corrected chi connectivity index (χ2v) is 5.12. The van der Waals surface area contributed by atoms with Crippen molar-refractivity contribution in [3.63, 3.8) is 0 Å². The van der Waals surface area contributed by atoms with Crippen molar-refractivity contribution in [2.24, 2.45) is 0 Å². The van der Waals surface area contributed by atoms with Crippen molar-refractivity contribution < 1.29 is 13.9 Å². The van der Waals surface area contributed by atoms with Crippen LogP contribution in [0, 0.1) is 0 Å². The van der Waals surface area contributed by atoms with E-state index in [1.54, 1.807) is 12.3 Å². The van der Waals surface area contributed by atoms with Gasteiger partial charge in [-0.1, -0.05) is 30.3 Å². The summed E-state index contributed by atoms with van der Waals surface area (Å²) in [5.74, 6) is 2.01. The summed E-state index contributed by atoms with van der Waals surface area (Å²) in [6, 6.07) is 20.6. The lowest BCUT2D eigenvalue weighted by Crippen LogP contribution is -2.29. The summed E-state index contributed by atoms with van der Waals surface area (Å²) >= 11 is 0. The predicted octanol–water partition coefficient (Wildman–Crippen LogP) is 3.80. The molecule has 0 saturated carbocycles. The topological polar surface area (TPSA) is 63.5 Å². The number of benzene rings is 2. The van der Waals surface area contributed by atoms with Crippen LogP contribution < -0.4 is 15.4 Å². The lowest BCUT2D eigenvalue weighted by Gasteiger charge is -2.12. The van der Waals surface area contributed by atoms with E-state index >= 15 is 0 Å². The summed E-state index contributed by atoms with van der Waals surface area (Å²) in [7, 11) is 0. The van der Waals surface area contributed by atoms with Gasteiger partial charge >= 0.3 is 0 Å². The molecule has 0 aliphatic rings. The number of anilines is 1. The maximum Gasteiger partial charge on any atom is 0.239 e. The van der Waals surface area contributed by atoms with Crippen molar-refractivity contribution in [1.29, 1.82) is 0 Å². The molecule has 0 atom stereocenters. The van der Waals surface area contributed by atoms with Crippen LogP contribution in [0.15, 0.2) is 77.4 Å². The van der Waals surface area contributed by atoms with Gasteiger partial charge in [0, 0.05) is 0 Å². The Morgan fingerprint density at radius 2 is 1.75 bits per heavy atom. The van der Waals surface area contributed by atoms with E-state index in [1.807, 2.05) is 60.7 Å². The molecule has 0 saturated heterocycles. The first kappa shape index (κ1) is 15.7. The van der Waals surface area contributed by atoms with E-state index in [2.05, 4.69) is 10.6 Å². The number of furan rings is 1. The Balaban J connectivity index is 1.56. The van der Waals surface area contributed by atoms with Gasteiger partial charge < -0.3 is 19.8 Å². The highest BCUT2D eigenvalue weighted by Gasteiger charge is 2.07. The van der Waals surface area contributed by atoms with Crippen LogP contribution >= 0.6 is 0 Å². The molecule has 0 bridgehead atoms. The molecule has 1 aromatic heterocycles. The van der Waals surface area contributed by atoms with Crippen molar-refractivity contribution in [2.75, 3.05) is 11.9 Å². The normalized spacial score (nSPS) is 10.2. The fourth-order valence-corrected chi connectivity index (χ4v) is 2.15. The van der Waals surface area contributed by atoms with Crippen molar-refractivity contribution in [1.82, 2.24) is 5.32 Å². The fourth-order valence-electron chi connectivity index (χ4n) is 2.15. The second kappa shape index (κ2) is 7.87. The summed E-state index contributed by atoms with van der Waals surface area (Å²) in [5.41, 5.74) is 0.759. The SMILES string of the molecule is O=C(CNc1ccccc1Oc1ccccc1)NCc1ccco1. The van der Waals surface area contributed by atoms with Crippen LogP contribution in [0.2, 0.25) is 0 Å². The van der Waals surface area contributed by atoms with Gasteiger partial charge in [0.05, 0.1) is 25.0 Å². The minimum absolute atomic E-state index is 0.124. The van der Waals surface area contributed by atoms with E-state index < -0.39 is 0 Å². The molecule has 0 aliphatic carbocycles. The third-order valence-electron chi connectivity index (χ3n) is 3.34. The third kappa shape index (κ3) is 4.39. The molecule has 0 fully saturated rings. The Labute approximate surface area is 140 Å². The van der Waals surface area contributed by atoms with E-state index in [-0.39, 0.29) is 12.5 Å².